The fourth-order valence-electron chi connectivity index (χ4n) is 2.56. The maximum Gasteiger partial charge on any atom is 0.147 e. The summed E-state index contributed by atoms with van der Waals surface area (Å²) in [6.45, 7) is 12.7. The van der Waals surface area contributed by atoms with Crippen LogP contribution in [0.1, 0.15) is 26.5 Å². The van der Waals surface area contributed by atoms with Crippen molar-refractivity contribution in [2.75, 3.05) is 37.6 Å². The molecule has 1 N–H and O–H groups in total. The lowest BCUT2D eigenvalue weighted by atomic mass is 10.2. The fraction of sp³-hybridized carbons (Fsp3) is 0.714. The number of likely N-dealkylation sites (N-methyl/N-ethyl adjacent to an activating group) is 1. The molecule has 5 heteroatoms. The molecule has 0 bridgehead atoms. The average Bonchev–Trinajstić information content (AvgIpc) is 2.45. The van der Waals surface area contributed by atoms with Gasteiger partial charge in [-0.3, -0.25) is 9.88 Å². The first-order valence-corrected chi connectivity index (χ1v) is 7.25. The molecule has 0 aromatic carbocycles. The summed E-state index contributed by atoms with van der Waals surface area (Å²) in [6, 6.07) is 0.581. The van der Waals surface area contributed by atoms with Crippen LogP contribution < -0.4 is 10.2 Å². The van der Waals surface area contributed by atoms with Gasteiger partial charge in [-0.2, -0.15) is 0 Å². The molecule has 1 fully saturated rings. The first-order valence-electron chi connectivity index (χ1n) is 7.25. The molecule has 0 spiro atoms. The molecule has 1 aliphatic heterocycles. The Balaban J connectivity index is 2.02. The highest BCUT2D eigenvalue weighted by Crippen LogP contribution is 2.16. The molecule has 1 saturated heterocycles. The quantitative estimate of drug-likeness (QED) is 0.862. The molecular formula is C14H25N5. The minimum atomic E-state index is 0.581. The maximum absolute atomic E-state index is 4.70. The Morgan fingerprint density at radius 1 is 1.32 bits per heavy atom. The normalized spacial score (nSPS) is 20.8. The van der Waals surface area contributed by atoms with Crippen molar-refractivity contribution in [2.45, 2.75) is 33.4 Å². The molecule has 106 valence electrons. The van der Waals surface area contributed by atoms with Crippen LogP contribution in [0.25, 0.3) is 0 Å². The number of piperazine rings is 1. The molecule has 2 rings (SSSR count). The van der Waals surface area contributed by atoms with E-state index in [-0.39, 0.29) is 0 Å². The number of aromatic nitrogens is 2. The summed E-state index contributed by atoms with van der Waals surface area (Å²) < 4.78 is 0. The molecule has 0 radical (unpaired) electrons. The molecule has 0 amide bonds. The Hall–Kier alpha value is -1.20. The van der Waals surface area contributed by atoms with Crippen molar-refractivity contribution in [3.05, 3.63) is 18.1 Å². The Morgan fingerprint density at radius 3 is 2.84 bits per heavy atom. The van der Waals surface area contributed by atoms with Gasteiger partial charge in [0.1, 0.15) is 5.82 Å². The number of hydrogen-bond donors (Lipinski definition) is 1. The molecule has 2 heterocycles. The minimum Gasteiger partial charge on any atom is -0.352 e. The summed E-state index contributed by atoms with van der Waals surface area (Å²) in [6.07, 6.45) is 3.72. The smallest absolute Gasteiger partial charge is 0.147 e. The van der Waals surface area contributed by atoms with Crippen LogP contribution in [-0.2, 0) is 6.54 Å². The highest BCUT2D eigenvalue weighted by atomic mass is 15.3. The standard InChI is InChI=1S/C14H25N5/c1-4-15-8-13-9-16-10-14(17-13)19-7-6-18(5-2)12(3)11-19/h9-10,12,15H,4-8,11H2,1-3H3. The zero-order valence-electron chi connectivity index (χ0n) is 12.3. The van der Waals surface area contributed by atoms with E-state index in [0.29, 0.717) is 6.04 Å². The van der Waals surface area contributed by atoms with Crippen LogP contribution in [-0.4, -0.2) is 53.6 Å². The summed E-state index contributed by atoms with van der Waals surface area (Å²) in [7, 11) is 0. The van der Waals surface area contributed by atoms with Crippen LogP contribution in [0.15, 0.2) is 12.4 Å². The molecule has 1 atom stereocenters. The summed E-state index contributed by atoms with van der Waals surface area (Å²) in [5.74, 6) is 1.01. The Bertz CT molecular complexity index is 395. The van der Waals surface area contributed by atoms with Crippen molar-refractivity contribution < 1.29 is 0 Å². The first-order chi connectivity index (χ1) is 9.24. The van der Waals surface area contributed by atoms with Crippen LogP contribution >= 0.6 is 0 Å². The van der Waals surface area contributed by atoms with Gasteiger partial charge >= 0.3 is 0 Å². The van der Waals surface area contributed by atoms with Gasteiger partial charge in [0, 0.05) is 38.4 Å². The maximum atomic E-state index is 4.70. The van der Waals surface area contributed by atoms with E-state index in [1.165, 1.54) is 0 Å². The van der Waals surface area contributed by atoms with Gasteiger partial charge in [-0.15, -0.1) is 0 Å². The first kappa shape index (κ1) is 14.2. The Kier molecular flexibility index (Phi) is 5.10. The molecule has 0 aliphatic carbocycles. The van der Waals surface area contributed by atoms with Gasteiger partial charge in [0.05, 0.1) is 11.9 Å². The largest absolute Gasteiger partial charge is 0.352 e. The van der Waals surface area contributed by atoms with Gasteiger partial charge in [0.2, 0.25) is 0 Å². The van der Waals surface area contributed by atoms with E-state index in [0.717, 1.165) is 50.8 Å². The molecule has 1 aromatic rings. The fourth-order valence-corrected chi connectivity index (χ4v) is 2.56. The molecule has 19 heavy (non-hydrogen) atoms. The zero-order chi connectivity index (χ0) is 13.7. The predicted molar refractivity (Wildman–Crippen MR) is 78.3 cm³/mol. The second kappa shape index (κ2) is 6.82. The lowest BCUT2D eigenvalue weighted by Crippen LogP contribution is -2.52. The summed E-state index contributed by atoms with van der Waals surface area (Å²) >= 11 is 0. The van der Waals surface area contributed by atoms with Crippen LogP contribution in [0.5, 0.6) is 0 Å². The number of rotatable bonds is 5. The Labute approximate surface area is 116 Å². The minimum absolute atomic E-state index is 0.581. The van der Waals surface area contributed by atoms with E-state index in [9.17, 15) is 0 Å². The van der Waals surface area contributed by atoms with Gasteiger partial charge in [-0.05, 0) is 20.0 Å². The van der Waals surface area contributed by atoms with Crippen molar-refractivity contribution in [3.8, 4) is 0 Å². The third-order valence-corrected chi connectivity index (χ3v) is 3.72. The van der Waals surface area contributed by atoms with Gasteiger partial charge < -0.3 is 10.2 Å². The molecule has 1 unspecified atom stereocenters. The number of hydrogen-bond acceptors (Lipinski definition) is 5. The SMILES string of the molecule is CCNCc1cncc(N2CCN(CC)C(C)C2)n1. The lowest BCUT2D eigenvalue weighted by Gasteiger charge is -2.39. The number of nitrogens with one attached hydrogen (secondary N) is 1. The summed E-state index contributed by atoms with van der Waals surface area (Å²) in [5.41, 5.74) is 1.02. The molecule has 0 saturated carbocycles. The molecular weight excluding hydrogens is 238 g/mol. The van der Waals surface area contributed by atoms with E-state index in [2.05, 4.69) is 40.9 Å². The monoisotopic (exact) mass is 263 g/mol. The Morgan fingerprint density at radius 2 is 2.16 bits per heavy atom. The number of anilines is 1. The van der Waals surface area contributed by atoms with Crippen molar-refractivity contribution in [1.82, 2.24) is 20.2 Å². The van der Waals surface area contributed by atoms with Gasteiger partial charge in [-0.1, -0.05) is 13.8 Å². The van der Waals surface area contributed by atoms with Crippen molar-refractivity contribution in [2.24, 2.45) is 0 Å². The third-order valence-electron chi connectivity index (χ3n) is 3.72. The molecule has 1 aliphatic rings. The third kappa shape index (κ3) is 3.64. The average molecular weight is 263 g/mol. The second-order valence-electron chi connectivity index (χ2n) is 5.07. The summed E-state index contributed by atoms with van der Waals surface area (Å²) in [4.78, 5) is 13.9. The van der Waals surface area contributed by atoms with Gasteiger partial charge in [0.15, 0.2) is 0 Å². The van der Waals surface area contributed by atoms with Gasteiger partial charge in [-0.25, -0.2) is 4.98 Å². The van der Waals surface area contributed by atoms with E-state index in [1.54, 1.807) is 0 Å². The number of nitrogens with zero attached hydrogens (tertiary/aromatic N) is 4. The van der Waals surface area contributed by atoms with E-state index in [4.69, 9.17) is 4.98 Å². The van der Waals surface area contributed by atoms with E-state index >= 15 is 0 Å². The predicted octanol–water partition coefficient (Wildman–Crippen LogP) is 1.12. The topological polar surface area (TPSA) is 44.3 Å². The molecule has 1 aromatic heterocycles. The van der Waals surface area contributed by atoms with Crippen LogP contribution in [0, 0.1) is 0 Å². The highest BCUT2D eigenvalue weighted by Gasteiger charge is 2.23. The van der Waals surface area contributed by atoms with Gasteiger partial charge in [0.25, 0.3) is 0 Å². The zero-order valence-corrected chi connectivity index (χ0v) is 12.3. The van der Waals surface area contributed by atoms with Crippen LogP contribution in [0.3, 0.4) is 0 Å². The lowest BCUT2D eigenvalue weighted by molar-refractivity contribution is 0.199. The highest BCUT2D eigenvalue weighted by molar-refractivity contribution is 5.37. The second-order valence-corrected chi connectivity index (χ2v) is 5.07. The van der Waals surface area contributed by atoms with Crippen molar-refractivity contribution in [3.63, 3.8) is 0 Å². The summed E-state index contributed by atoms with van der Waals surface area (Å²) in [5, 5.41) is 3.29. The molecule has 5 nitrogen and oxygen atoms in total. The van der Waals surface area contributed by atoms with E-state index < -0.39 is 0 Å². The van der Waals surface area contributed by atoms with E-state index in [1.807, 2.05) is 12.4 Å². The van der Waals surface area contributed by atoms with Crippen LogP contribution in [0.4, 0.5) is 5.82 Å². The van der Waals surface area contributed by atoms with Crippen molar-refractivity contribution >= 4 is 5.82 Å². The van der Waals surface area contributed by atoms with Crippen molar-refractivity contribution in [1.29, 1.82) is 0 Å². The van der Waals surface area contributed by atoms with Crippen LogP contribution in [0.2, 0.25) is 0 Å².